The minimum atomic E-state index is -0.604. The van der Waals surface area contributed by atoms with Gasteiger partial charge in [-0.15, -0.1) is 0 Å². The lowest BCUT2D eigenvalue weighted by atomic mass is 10.2. The third-order valence-electron chi connectivity index (χ3n) is 2.81. The fraction of sp³-hybridized carbons (Fsp3) is 0.125. The number of ether oxygens (including phenoxy) is 2. The molecule has 0 bridgehead atoms. The summed E-state index contributed by atoms with van der Waals surface area (Å²) >= 11 is 0. The van der Waals surface area contributed by atoms with Gasteiger partial charge >= 0.3 is 5.97 Å². The Hall–Kier alpha value is -3.02. The van der Waals surface area contributed by atoms with Crippen molar-refractivity contribution in [3.63, 3.8) is 0 Å². The topological polar surface area (TPSA) is 84.9 Å². The molecule has 6 nitrogen and oxygen atoms in total. The van der Waals surface area contributed by atoms with Crippen LogP contribution in [0.4, 0.5) is 0 Å². The zero-order chi connectivity index (χ0) is 15.9. The van der Waals surface area contributed by atoms with Gasteiger partial charge in [0, 0.05) is 5.56 Å². The average molecular weight is 301 g/mol. The summed E-state index contributed by atoms with van der Waals surface area (Å²) in [5, 5.41) is 11.6. The van der Waals surface area contributed by atoms with Gasteiger partial charge in [0.25, 0.3) is 5.91 Å². The van der Waals surface area contributed by atoms with Gasteiger partial charge in [-0.1, -0.05) is 0 Å². The molecule has 0 saturated carbocycles. The third-order valence-corrected chi connectivity index (χ3v) is 2.81. The molecule has 0 radical (unpaired) electrons. The lowest BCUT2D eigenvalue weighted by Gasteiger charge is -2.07. The van der Waals surface area contributed by atoms with E-state index in [1.54, 1.807) is 24.3 Å². The molecule has 0 saturated heterocycles. The smallest absolute Gasteiger partial charge is 0.330 e. The second-order valence-corrected chi connectivity index (χ2v) is 4.38. The molecule has 114 valence electrons. The molecule has 0 aliphatic heterocycles. The van der Waals surface area contributed by atoms with Crippen LogP contribution in [0.25, 0.3) is 0 Å². The highest BCUT2D eigenvalue weighted by molar-refractivity contribution is 5.96. The molecular formula is C16H15NO5. The normalized spacial score (nSPS) is 9.86. The number of aromatic hydroxyl groups is 1. The highest BCUT2D eigenvalue weighted by Gasteiger charge is 2.10. The van der Waals surface area contributed by atoms with Crippen molar-refractivity contribution in [2.45, 2.75) is 0 Å². The molecule has 0 unspecified atom stereocenters. The van der Waals surface area contributed by atoms with Crippen molar-refractivity contribution in [1.82, 2.24) is 5.32 Å². The summed E-state index contributed by atoms with van der Waals surface area (Å²) in [5.41, 5.74) is 0.415. The number of carbonyl (C=O) groups excluding carboxylic acids is 2. The molecule has 6 heteroatoms. The van der Waals surface area contributed by atoms with Crippen molar-refractivity contribution in [2.24, 2.45) is 0 Å². The van der Waals surface area contributed by atoms with Crippen LogP contribution in [0.15, 0.2) is 48.5 Å². The summed E-state index contributed by atoms with van der Waals surface area (Å²) in [6, 6.07) is 12.2. The van der Waals surface area contributed by atoms with Crippen molar-refractivity contribution in [3.05, 3.63) is 54.1 Å². The Morgan fingerprint density at radius 1 is 1.00 bits per heavy atom. The Morgan fingerprint density at radius 2 is 1.59 bits per heavy atom. The van der Waals surface area contributed by atoms with Gasteiger partial charge in [0.1, 0.15) is 23.8 Å². The SMILES string of the molecule is COc1ccc(C(=O)NCC(=O)Oc2ccc(O)cc2)cc1. The summed E-state index contributed by atoms with van der Waals surface area (Å²) < 4.78 is 10.0. The number of hydrogen-bond acceptors (Lipinski definition) is 5. The molecule has 2 N–H and O–H groups in total. The van der Waals surface area contributed by atoms with Crippen LogP contribution < -0.4 is 14.8 Å². The van der Waals surface area contributed by atoms with Gasteiger partial charge in [0.15, 0.2) is 0 Å². The summed E-state index contributed by atoms with van der Waals surface area (Å²) in [6.07, 6.45) is 0. The largest absolute Gasteiger partial charge is 0.508 e. The predicted octanol–water partition coefficient (Wildman–Crippen LogP) is 1.74. The van der Waals surface area contributed by atoms with E-state index in [4.69, 9.17) is 14.6 Å². The Balaban J connectivity index is 1.84. The Bertz CT molecular complexity index is 649. The molecule has 0 aliphatic carbocycles. The molecule has 2 rings (SSSR count). The summed E-state index contributed by atoms with van der Waals surface area (Å²) in [7, 11) is 1.54. The van der Waals surface area contributed by atoms with Crippen molar-refractivity contribution < 1.29 is 24.2 Å². The molecule has 0 aromatic heterocycles. The summed E-state index contributed by atoms with van der Waals surface area (Å²) in [5.74, 6) is 0.0234. The fourth-order valence-electron chi connectivity index (χ4n) is 1.68. The van der Waals surface area contributed by atoms with Gasteiger partial charge < -0.3 is 19.9 Å². The van der Waals surface area contributed by atoms with Crippen LogP contribution in [0.2, 0.25) is 0 Å². The molecule has 0 atom stereocenters. The first-order chi connectivity index (χ1) is 10.6. The molecule has 0 heterocycles. The van der Waals surface area contributed by atoms with Crippen LogP contribution in [-0.2, 0) is 4.79 Å². The maximum absolute atomic E-state index is 11.9. The van der Waals surface area contributed by atoms with Crippen LogP contribution in [0, 0.1) is 0 Å². The molecule has 2 aromatic carbocycles. The number of phenolic OH excluding ortho intramolecular Hbond substituents is 1. The summed E-state index contributed by atoms with van der Waals surface area (Å²) in [6.45, 7) is -0.258. The van der Waals surface area contributed by atoms with Crippen molar-refractivity contribution in [3.8, 4) is 17.2 Å². The maximum Gasteiger partial charge on any atom is 0.330 e. The number of esters is 1. The van der Waals surface area contributed by atoms with E-state index in [-0.39, 0.29) is 18.2 Å². The number of amides is 1. The first kappa shape index (κ1) is 15.4. The number of hydrogen-bond donors (Lipinski definition) is 2. The number of phenols is 1. The number of carbonyl (C=O) groups is 2. The Kier molecular flexibility index (Phi) is 4.98. The van der Waals surface area contributed by atoms with Crippen molar-refractivity contribution in [1.29, 1.82) is 0 Å². The van der Waals surface area contributed by atoms with Gasteiger partial charge in [0.2, 0.25) is 0 Å². The lowest BCUT2D eigenvalue weighted by Crippen LogP contribution is -2.31. The number of nitrogens with one attached hydrogen (secondary N) is 1. The zero-order valence-electron chi connectivity index (χ0n) is 11.9. The van der Waals surface area contributed by atoms with Gasteiger partial charge in [-0.2, -0.15) is 0 Å². The number of methoxy groups -OCH3 is 1. The van der Waals surface area contributed by atoms with E-state index in [1.165, 1.54) is 31.4 Å². The van der Waals surface area contributed by atoms with Crippen molar-refractivity contribution in [2.75, 3.05) is 13.7 Å². The van der Waals surface area contributed by atoms with E-state index in [0.29, 0.717) is 17.1 Å². The molecule has 0 aliphatic rings. The average Bonchev–Trinajstić information content (AvgIpc) is 2.55. The Labute approximate surface area is 127 Å². The fourth-order valence-corrected chi connectivity index (χ4v) is 1.68. The van der Waals surface area contributed by atoms with E-state index in [9.17, 15) is 9.59 Å². The van der Waals surface area contributed by atoms with Gasteiger partial charge in [-0.3, -0.25) is 4.79 Å². The first-order valence-corrected chi connectivity index (χ1v) is 6.50. The highest BCUT2D eigenvalue weighted by Crippen LogP contribution is 2.16. The van der Waals surface area contributed by atoms with Crippen molar-refractivity contribution >= 4 is 11.9 Å². The minimum absolute atomic E-state index is 0.0765. The van der Waals surface area contributed by atoms with Crippen LogP contribution >= 0.6 is 0 Å². The van der Waals surface area contributed by atoms with Crippen LogP contribution in [0.3, 0.4) is 0 Å². The molecular weight excluding hydrogens is 286 g/mol. The van der Waals surface area contributed by atoms with Crippen LogP contribution in [0.5, 0.6) is 17.2 Å². The van der Waals surface area contributed by atoms with E-state index in [2.05, 4.69) is 5.32 Å². The number of benzene rings is 2. The van der Waals surface area contributed by atoms with E-state index >= 15 is 0 Å². The van der Waals surface area contributed by atoms with Gasteiger partial charge in [0.05, 0.1) is 7.11 Å². The molecule has 1 amide bonds. The van der Waals surface area contributed by atoms with E-state index < -0.39 is 5.97 Å². The third kappa shape index (κ3) is 4.24. The first-order valence-electron chi connectivity index (χ1n) is 6.50. The van der Waals surface area contributed by atoms with Gasteiger partial charge in [-0.05, 0) is 48.5 Å². The lowest BCUT2D eigenvalue weighted by molar-refractivity contribution is -0.133. The number of rotatable bonds is 5. The second-order valence-electron chi connectivity index (χ2n) is 4.38. The highest BCUT2D eigenvalue weighted by atomic mass is 16.5. The molecule has 22 heavy (non-hydrogen) atoms. The minimum Gasteiger partial charge on any atom is -0.508 e. The monoisotopic (exact) mass is 301 g/mol. The predicted molar refractivity (Wildman–Crippen MR) is 79.1 cm³/mol. The van der Waals surface area contributed by atoms with E-state index in [0.717, 1.165) is 0 Å². The maximum atomic E-state index is 11.9. The molecule has 2 aromatic rings. The van der Waals surface area contributed by atoms with Gasteiger partial charge in [-0.25, -0.2) is 4.79 Å². The van der Waals surface area contributed by atoms with E-state index in [1.807, 2.05) is 0 Å². The van der Waals surface area contributed by atoms with Crippen LogP contribution in [0.1, 0.15) is 10.4 Å². The van der Waals surface area contributed by atoms with Crippen LogP contribution in [-0.4, -0.2) is 30.6 Å². The standard InChI is InChI=1S/C16H15NO5/c1-21-13-6-2-11(3-7-13)16(20)17-10-15(19)22-14-8-4-12(18)5-9-14/h2-9,18H,10H2,1H3,(H,17,20). The second kappa shape index (κ2) is 7.12. The summed E-state index contributed by atoms with van der Waals surface area (Å²) in [4.78, 5) is 23.5. The molecule has 0 spiro atoms. The zero-order valence-corrected chi connectivity index (χ0v) is 11.9. The molecule has 0 fully saturated rings. The quantitative estimate of drug-likeness (QED) is 0.649. The Morgan fingerprint density at radius 3 is 2.18 bits per heavy atom.